The van der Waals surface area contributed by atoms with E-state index in [1.807, 2.05) is 39.2 Å². The fourth-order valence-corrected chi connectivity index (χ4v) is 1.88. The van der Waals surface area contributed by atoms with E-state index >= 15 is 0 Å². The first-order valence-corrected chi connectivity index (χ1v) is 5.37. The summed E-state index contributed by atoms with van der Waals surface area (Å²) in [6.07, 6.45) is 0. The van der Waals surface area contributed by atoms with Crippen LogP contribution in [0.1, 0.15) is 41.2 Å². The Hall–Kier alpha value is -1.25. The van der Waals surface area contributed by atoms with Crippen molar-refractivity contribution in [3.8, 4) is 0 Å². The lowest BCUT2D eigenvalue weighted by Crippen LogP contribution is -2.13. The SMILES string of the molecule is CCOC(=O)c1c(C)c(C)c(C)n1CC. The van der Waals surface area contributed by atoms with Crippen molar-refractivity contribution in [2.75, 3.05) is 6.61 Å². The van der Waals surface area contributed by atoms with Gasteiger partial charge in [-0.15, -0.1) is 0 Å². The Kier molecular flexibility index (Phi) is 3.56. The summed E-state index contributed by atoms with van der Waals surface area (Å²) < 4.78 is 7.08. The van der Waals surface area contributed by atoms with Crippen LogP contribution in [0.4, 0.5) is 0 Å². The van der Waals surface area contributed by atoms with Crippen LogP contribution in [0.2, 0.25) is 0 Å². The second-order valence-corrected chi connectivity index (χ2v) is 3.65. The van der Waals surface area contributed by atoms with Crippen molar-refractivity contribution in [2.24, 2.45) is 0 Å². The van der Waals surface area contributed by atoms with Crippen molar-refractivity contribution in [3.05, 3.63) is 22.5 Å². The third kappa shape index (κ3) is 1.91. The van der Waals surface area contributed by atoms with Gasteiger partial charge in [0.25, 0.3) is 0 Å². The molecule has 1 rings (SSSR count). The molecule has 0 spiro atoms. The number of carbonyl (C=O) groups excluding carboxylic acids is 1. The van der Waals surface area contributed by atoms with E-state index < -0.39 is 0 Å². The van der Waals surface area contributed by atoms with Crippen molar-refractivity contribution in [1.82, 2.24) is 4.57 Å². The van der Waals surface area contributed by atoms with Crippen molar-refractivity contribution >= 4 is 5.97 Å². The van der Waals surface area contributed by atoms with Gasteiger partial charge in [0.05, 0.1) is 6.61 Å². The average Bonchev–Trinajstić information content (AvgIpc) is 2.42. The average molecular weight is 209 g/mol. The highest BCUT2D eigenvalue weighted by atomic mass is 16.5. The fourth-order valence-electron chi connectivity index (χ4n) is 1.88. The molecule has 0 bridgehead atoms. The van der Waals surface area contributed by atoms with E-state index in [-0.39, 0.29) is 5.97 Å². The maximum atomic E-state index is 11.8. The molecule has 0 aliphatic rings. The van der Waals surface area contributed by atoms with Crippen molar-refractivity contribution in [1.29, 1.82) is 0 Å². The molecule has 0 atom stereocenters. The van der Waals surface area contributed by atoms with Crippen molar-refractivity contribution in [3.63, 3.8) is 0 Å². The van der Waals surface area contributed by atoms with Crippen molar-refractivity contribution in [2.45, 2.75) is 41.2 Å². The molecule has 1 heterocycles. The van der Waals surface area contributed by atoms with E-state index in [9.17, 15) is 4.79 Å². The highest BCUT2D eigenvalue weighted by Gasteiger charge is 2.20. The van der Waals surface area contributed by atoms with Gasteiger partial charge in [0.1, 0.15) is 5.69 Å². The highest BCUT2D eigenvalue weighted by Crippen LogP contribution is 2.21. The minimum atomic E-state index is -0.215. The zero-order chi connectivity index (χ0) is 11.6. The summed E-state index contributed by atoms with van der Waals surface area (Å²) in [7, 11) is 0. The molecule has 0 aliphatic heterocycles. The van der Waals surface area contributed by atoms with Gasteiger partial charge in [0.2, 0.25) is 0 Å². The summed E-state index contributed by atoms with van der Waals surface area (Å²) in [5, 5.41) is 0. The Bertz CT molecular complexity index is 377. The predicted octanol–water partition coefficient (Wildman–Crippen LogP) is 2.61. The maximum absolute atomic E-state index is 11.8. The van der Waals surface area contributed by atoms with E-state index in [2.05, 4.69) is 0 Å². The zero-order valence-electron chi connectivity index (χ0n) is 10.2. The standard InChI is InChI=1S/C12H19NO2/c1-6-13-10(5)8(3)9(4)11(13)12(14)15-7-2/h6-7H2,1-5H3. The Labute approximate surface area is 91.0 Å². The zero-order valence-corrected chi connectivity index (χ0v) is 10.2. The minimum absolute atomic E-state index is 0.215. The summed E-state index contributed by atoms with van der Waals surface area (Å²) in [6, 6.07) is 0. The van der Waals surface area contributed by atoms with Gasteiger partial charge in [0.15, 0.2) is 0 Å². The monoisotopic (exact) mass is 209 g/mol. The molecule has 84 valence electrons. The van der Waals surface area contributed by atoms with Crippen LogP contribution in [0.15, 0.2) is 0 Å². The summed E-state index contributed by atoms with van der Waals surface area (Å²) in [6.45, 7) is 11.1. The molecule has 0 unspecified atom stereocenters. The molecule has 15 heavy (non-hydrogen) atoms. The Morgan fingerprint density at radius 1 is 1.20 bits per heavy atom. The van der Waals surface area contributed by atoms with Crippen LogP contribution in [0.25, 0.3) is 0 Å². The molecule has 0 amide bonds. The van der Waals surface area contributed by atoms with Gasteiger partial charge in [-0.1, -0.05) is 0 Å². The molecule has 3 nitrogen and oxygen atoms in total. The number of carbonyl (C=O) groups is 1. The van der Waals surface area contributed by atoms with Crippen molar-refractivity contribution < 1.29 is 9.53 Å². The minimum Gasteiger partial charge on any atom is -0.461 e. The number of hydrogen-bond donors (Lipinski definition) is 0. The quantitative estimate of drug-likeness (QED) is 0.716. The van der Waals surface area contributed by atoms with Crippen LogP contribution in [-0.2, 0) is 11.3 Å². The molecule has 0 radical (unpaired) electrons. The van der Waals surface area contributed by atoms with Gasteiger partial charge in [0, 0.05) is 12.2 Å². The lowest BCUT2D eigenvalue weighted by molar-refractivity contribution is 0.0512. The van der Waals surface area contributed by atoms with Crippen LogP contribution < -0.4 is 0 Å². The first-order chi connectivity index (χ1) is 7.04. The molecule has 0 aliphatic carbocycles. The molecule has 3 heteroatoms. The van der Waals surface area contributed by atoms with Gasteiger partial charge < -0.3 is 9.30 Å². The molecule has 0 N–H and O–H groups in total. The van der Waals surface area contributed by atoms with E-state index in [1.165, 1.54) is 5.56 Å². The first-order valence-electron chi connectivity index (χ1n) is 5.37. The first kappa shape index (κ1) is 11.8. The topological polar surface area (TPSA) is 31.2 Å². The largest absolute Gasteiger partial charge is 0.461 e. The third-order valence-corrected chi connectivity index (χ3v) is 2.92. The van der Waals surface area contributed by atoms with Crippen LogP contribution in [0.3, 0.4) is 0 Å². The molecule has 0 aromatic carbocycles. The molecule has 0 fully saturated rings. The number of nitrogens with zero attached hydrogens (tertiary/aromatic N) is 1. The second kappa shape index (κ2) is 4.51. The Morgan fingerprint density at radius 2 is 1.80 bits per heavy atom. The smallest absolute Gasteiger partial charge is 0.355 e. The predicted molar refractivity (Wildman–Crippen MR) is 60.3 cm³/mol. The number of hydrogen-bond acceptors (Lipinski definition) is 2. The summed E-state index contributed by atoms with van der Waals surface area (Å²) in [5.41, 5.74) is 4.07. The fraction of sp³-hybridized carbons (Fsp3) is 0.583. The van der Waals surface area contributed by atoms with Gasteiger partial charge in [-0.25, -0.2) is 4.79 Å². The summed E-state index contributed by atoms with van der Waals surface area (Å²) in [4.78, 5) is 11.8. The van der Waals surface area contributed by atoms with Crippen LogP contribution in [0.5, 0.6) is 0 Å². The van der Waals surface area contributed by atoms with Gasteiger partial charge in [-0.05, 0) is 45.7 Å². The molecule has 1 aromatic heterocycles. The van der Waals surface area contributed by atoms with E-state index in [0.29, 0.717) is 12.3 Å². The van der Waals surface area contributed by atoms with E-state index in [4.69, 9.17) is 4.74 Å². The number of rotatable bonds is 3. The molecule has 1 aromatic rings. The maximum Gasteiger partial charge on any atom is 0.355 e. The molecule has 0 saturated carbocycles. The highest BCUT2D eigenvalue weighted by molar-refractivity contribution is 5.90. The number of aromatic nitrogens is 1. The van der Waals surface area contributed by atoms with Gasteiger partial charge >= 0.3 is 5.97 Å². The lowest BCUT2D eigenvalue weighted by atomic mass is 10.1. The molecular formula is C12H19NO2. The number of ether oxygens (including phenoxy) is 1. The van der Waals surface area contributed by atoms with Gasteiger partial charge in [-0.3, -0.25) is 0 Å². The molecular weight excluding hydrogens is 190 g/mol. The normalized spacial score (nSPS) is 10.5. The van der Waals surface area contributed by atoms with Crippen LogP contribution >= 0.6 is 0 Å². The summed E-state index contributed by atoms with van der Waals surface area (Å²) >= 11 is 0. The third-order valence-electron chi connectivity index (χ3n) is 2.92. The summed E-state index contributed by atoms with van der Waals surface area (Å²) in [5.74, 6) is -0.215. The second-order valence-electron chi connectivity index (χ2n) is 3.65. The van der Waals surface area contributed by atoms with Crippen LogP contribution in [0, 0.1) is 20.8 Å². The molecule has 0 saturated heterocycles. The Balaban J connectivity index is 3.27. The Morgan fingerprint density at radius 3 is 2.27 bits per heavy atom. The lowest BCUT2D eigenvalue weighted by Gasteiger charge is -2.08. The van der Waals surface area contributed by atoms with E-state index in [0.717, 1.165) is 17.8 Å². The van der Waals surface area contributed by atoms with Crippen LogP contribution in [-0.4, -0.2) is 17.1 Å². The van der Waals surface area contributed by atoms with Gasteiger partial charge in [-0.2, -0.15) is 0 Å². The number of esters is 1. The van der Waals surface area contributed by atoms with E-state index in [1.54, 1.807) is 0 Å².